The molecule has 0 radical (unpaired) electrons. The van der Waals surface area contributed by atoms with Crippen molar-refractivity contribution in [1.29, 1.82) is 0 Å². The molecule has 2 rings (SSSR count). The molecule has 2 aromatic rings. The number of hydrogen-bond donors (Lipinski definition) is 1. The maximum Gasteiger partial charge on any atom is 0.305 e. The number of hydrogen-bond acceptors (Lipinski definition) is 3. The number of amides is 1. The van der Waals surface area contributed by atoms with E-state index in [0.29, 0.717) is 12.1 Å². The fourth-order valence-electron chi connectivity index (χ4n) is 2.35. The predicted molar refractivity (Wildman–Crippen MR) is 86.5 cm³/mol. The van der Waals surface area contributed by atoms with Gasteiger partial charge in [-0.1, -0.05) is 12.1 Å². The first kappa shape index (κ1) is 16.7. The molecule has 122 valence electrons. The number of carbonyl (C=O) groups is 2. The maximum absolute atomic E-state index is 12.2. The second kappa shape index (κ2) is 7.09. The van der Waals surface area contributed by atoms with Crippen LogP contribution in [0.5, 0.6) is 0 Å². The Morgan fingerprint density at radius 1 is 1.22 bits per heavy atom. The molecular formula is C17H21N3O3. The standard InChI is InChI=1S/C17H21N3O3/c1-12-10-13(2)20(18-12)11-14-4-6-15(7-5-14)17(23)19(3)9-8-16(21)22/h4-7,10H,8-9,11H2,1-3H3,(H,21,22). The van der Waals surface area contributed by atoms with Crippen LogP contribution in [-0.4, -0.2) is 45.3 Å². The third kappa shape index (κ3) is 4.42. The number of benzene rings is 1. The van der Waals surface area contributed by atoms with Crippen LogP contribution in [0.25, 0.3) is 0 Å². The number of aliphatic carboxylic acids is 1. The van der Waals surface area contributed by atoms with Gasteiger partial charge in [0.2, 0.25) is 0 Å². The van der Waals surface area contributed by atoms with E-state index in [1.807, 2.05) is 36.7 Å². The minimum Gasteiger partial charge on any atom is -0.481 e. The Balaban J connectivity index is 2.02. The second-order valence-electron chi connectivity index (χ2n) is 5.65. The summed E-state index contributed by atoms with van der Waals surface area (Å²) in [4.78, 5) is 24.2. The molecule has 0 fully saturated rings. The lowest BCUT2D eigenvalue weighted by Gasteiger charge is -2.16. The molecule has 1 amide bonds. The third-order valence-corrected chi connectivity index (χ3v) is 3.64. The first-order valence-corrected chi connectivity index (χ1v) is 7.44. The van der Waals surface area contributed by atoms with Gasteiger partial charge in [0.25, 0.3) is 5.91 Å². The van der Waals surface area contributed by atoms with Crippen LogP contribution >= 0.6 is 0 Å². The van der Waals surface area contributed by atoms with E-state index in [-0.39, 0.29) is 18.9 Å². The van der Waals surface area contributed by atoms with Crippen molar-refractivity contribution >= 4 is 11.9 Å². The normalized spacial score (nSPS) is 10.6. The molecule has 1 N–H and O–H groups in total. The quantitative estimate of drug-likeness (QED) is 0.885. The molecule has 1 aromatic carbocycles. The van der Waals surface area contributed by atoms with Crippen LogP contribution in [0.3, 0.4) is 0 Å². The molecule has 0 aliphatic carbocycles. The van der Waals surface area contributed by atoms with Gasteiger partial charge in [-0.2, -0.15) is 5.10 Å². The van der Waals surface area contributed by atoms with Crippen LogP contribution < -0.4 is 0 Å². The van der Waals surface area contributed by atoms with Crippen molar-refractivity contribution in [2.24, 2.45) is 0 Å². The average molecular weight is 315 g/mol. The summed E-state index contributed by atoms with van der Waals surface area (Å²) in [5, 5.41) is 13.1. The van der Waals surface area contributed by atoms with Crippen molar-refractivity contribution in [3.05, 3.63) is 52.8 Å². The van der Waals surface area contributed by atoms with Crippen LogP contribution in [0.15, 0.2) is 30.3 Å². The van der Waals surface area contributed by atoms with Crippen molar-refractivity contribution in [2.45, 2.75) is 26.8 Å². The highest BCUT2D eigenvalue weighted by molar-refractivity contribution is 5.94. The summed E-state index contributed by atoms with van der Waals surface area (Å²) in [6.07, 6.45) is -0.0573. The molecular weight excluding hydrogens is 294 g/mol. The van der Waals surface area contributed by atoms with E-state index in [1.165, 1.54) is 4.90 Å². The molecule has 1 heterocycles. The Morgan fingerprint density at radius 3 is 2.39 bits per heavy atom. The first-order valence-electron chi connectivity index (χ1n) is 7.44. The topological polar surface area (TPSA) is 75.4 Å². The van der Waals surface area contributed by atoms with Gasteiger partial charge in [0.05, 0.1) is 18.7 Å². The lowest BCUT2D eigenvalue weighted by Crippen LogP contribution is -2.29. The molecule has 0 bridgehead atoms. The van der Waals surface area contributed by atoms with Crippen molar-refractivity contribution in [2.75, 3.05) is 13.6 Å². The van der Waals surface area contributed by atoms with Gasteiger partial charge in [0.15, 0.2) is 0 Å². The van der Waals surface area contributed by atoms with Crippen molar-refractivity contribution in [1.82, 2.24) is 14.7 Å². The molecule has 0 aliphatic heterocycles. The highest BCUT2D eigenvalue weighted by Crippen LogP contribution is 2.10. The van der Waals surface area contributed by atoms with E-state index in [1.54, 1.807) is 19.2 Å². The molecule has 0 spiro atoms. The molecule has 0 saturated heterocycles. The van der Waals surface area contributed by atoms with Crippen molar-refractivity contribution in [3.63, 3.8) is 0 Å². The van der Waals surface area contributed by atoms with Crippen LogP contribution in [0.4, 0.5) is 0 Å². The molecule has 23 heavy (non-hydrogen) atoms. The maximum atomic E-state index is 12.2. The summed E-state index contributed by atoms with van der Waals surface area (Å²) >= 11 is 0. The lowest BCUT2D eigenvalue weighted by molar-refractivity contribution is -0.137. The third-order valence-electron chi connectivity index (χ3n) is 3.64. The van der Waals surface area contributed by atoms with Gasteiger partial charge in [-0.3, -0.25) is 14.3 Å². The number of carboxylic acid groups (broad SMARTS) is 1. The number of carbonyl (C=O) groups excluding carboxylic acids is 1. The summed E-state index contributed by atoms with van der Waals surface area (Å²) < 4.78 is 1.92. The van der Waals surface area contributed by atoms with E-state index in [2.05, 4.69) is 5.10 Å². The van der Waals surface area contributed by atoms with Gasteiger partial charge < -0.3 is 10.0 Å². The molecule has 0 atom stereocenters. The smallest absolute Gasteiger partial charge is 0.305 e. The van der Waals surface area contributed by atoms with Crippen LogP contribution in [-0.2, 0) is 11.3 Å². The van der Waals surface area contributed by atoms with E-state index in [0.717, 1.165) is 17.0 Å². The molecule has 6 nitrogen and oxygen atoms in total. The van der Waals surface area contributed by atoms with Gasteiger partial charge >= 0.3 is 5.97 Å². The van der Waals surface area contributed by atoms with E-state index in [9.17, 15) is 9.59 Å². The zero-order valence-corrected chi connectivity index (χ0v) is 13.6. The number of aromatic nitrogens is 2. The largest absolute Gasteiger partial charge is 0.481 e. The Bertz CT molecular complexity index is 704. The zero-order valence-electron chi connectivity index (χ0n) is 13.6. The lowest BCUT2D eigenvalue weighted by atomic mass is 10.1. The Labute approximate surface area is 135 Å². The van der Waals surface area contributed by atoms with Crippen LogP contribution in [0.2, 0.25) is 0 Å². The number of rotatable bonds is 6. The number of aryl methyl sites for hydroxylation is 2. The SMILES string of the molecule is Cc1cc(C)n(Cc2ccc(C(=O)N(C)CCC(=O)O)cc2)n1. The van der Waals surface area contributed by atoms with Gasteiger partial charge in [-0.25, -0.2) is 0 Å². The monoisotopic (exact) mass is 315 g/mol. The van der Waals surface area contributed by atoms with E-state index >= 15 is 0 Å². The summed E-state index contributed by atoms with van der Waals surface area (Å²) in [5.41, 5.74) is 3.68. The van der Waals surface area contributed by atoms with Crippen LogP contribution in [0, 0.1) is 13.8 Å². The fraction of sp³-hybridized carbons (Fsp3) is 0.353. The summed E-state index contributed by atoms with van der Waals surface area (Å²) in [6, 6.07) is 9.35. The van der Waals surface area contributed by atoms with Gasteiger partial charge in [0.1, 0.15) is 0 Å². The highest BCUT2D eigenvalue weighted by atomic mass is 16.4. The number of nitrogens with zero attached hydrogens (tertiary/aromatic N) is 3. The first-order chi connectivity index (χ1) is 10.9. The second-order valence-corrected chi connectivity index (χ2v) is 5.65. The van der Waals surface area contributed by atoms with Gasteiger partial charge in [-0.05, 0) is 37.6 Å². The minimum atomic E-state index is -0.912. The van der Waals surface area contributed by atoms with Crippen LogP contribution in [0.1, 0.15) is 33.7 Å². The minimum absolute atomic E-state index is 0.0573. The number of carboxylic acids is 1. The Morgan fingerprint density at radius 2 is 1.87 bits per heavy atom. The average Bonchev–Trinajstić information content (AvgIpc) is 2.82. The van der Waals surface area contributed by atoms with Crippen molar-refractivity contribution < 1.29 is 14.7 Å². The molecule has 6 heteroatoms. The summed E-state index contributed by atoms with van der Waals surface area (Å²) in [5.74, 6) is -1.09. The Hall–Kier alpha value is -2.63. The van der Waals surface area contributed by atoms with E-state index in [4.69, 9.17) is 5.11 Å². The Kier molecular flexibility index (Phi) is 5.16. The molecule has 0 unspecified atom stereocenters. The zero-order chi connectivity index (χ0) is 17.0. The summed E-state index contributed by atoms with van der Waals surface area (Å²) in [6.45, 7) is 4.82. The van der Waals surface area contributed by atoms with Crippen molar-refractivity contribution in [3.8, 4) is 0 Å². The molecule has 0 aliphatic rings. The molecule has 0 saturated carbocycles. The molecule has 1 aromatic heterocycles. The summed E-state index contributed by atoms with van der Waals surface area (Å²) in [7, 11) is 1.61. The van der Waals surface area contributed by atoms with E-state index < -0.39 is 5.97 Å². The van der Waals surface area contributed by atoms with Gasteiger partial charge in [0, 0.05) is 24.8 Å². The highest BCUT2D eigenvalue weighted by Gasteiger charge is 2.12. The van der Waals surface area contributed by atoms with Gasteiger partial charge in [-0.15, -0.1) is 0 Å². The predicted octanol–water partition coefficient (Wildman–Crippen LogP) is 2.09. The fourth-order valence-corrected chi connectivity index (χ4v) is 2.35.